The van der Waals surface area contributed by atoms with E-state index in [9.17, 15) is 18.0 Å². The Morgan fingerprint density at radius 1 is 1.15 bits per heavy atom. The molecule has 1 saturated heterocycles. The van der Waals surface area contributed by atoms with E-state index in [1.807, 2.05) is 26.8 Å². The van der Waals surface area contributed by atoms with Gasteiger partial charge in [-0.3, -0.25) is 9.10 Å². The van der Waals surface area contributed by atoms with E-state index >= 15 is 0 Å². The van der Waals surface area contributed by atoms with Gasteiger partial charge >= 0.3 is 12.1 Å². The maximum absolute atomic E-state index is 12.9. The van der Waals surface area contributed by atoms with E-state index in [2.05, 4.69) is 0 Å². The molecule has 11 heteroatoms. The van der Waals surface area contributed by atoms with Crippen molar-refractivity contribution >= 4 is 33.8 Å². The molecule has 3 rings (SSSR count). The fourth-order valence-corrected chi connectivity index (χ4v) is 5.20. The van der Waals surface area contributed by atoms with Crippen LogP contribution in [-0.4, -0.2) is 67.6 Å². The number of carbonyl (C=O) groups excluding carboxylic acids is 1. The van der Waals surface area contributed by atoms with Crippen LogP contribution in [0, 0.1) is 11.3 Å². The van der Waals surface area contributed by atoms with Crippen molar-refractivity contribution in [3.63, 3.8) is 0 Å². The van der Waals surface area contributed by atoms with Crippen LogP contribution in [0.3, 0.4) is 0 Å². The van der Waals surface area contributed by atoms with Gasteiger partial charge in [-0.2, -0.15) is 5.26 Å². The number of nitriles is 1. The second-order valence-electron chi connectivity index (χ2n) is 10.1. The maximum Gasteiger partial charge on any atom is 0.410 e. The Balaban J connectivity index is 1.67. The number of sulfonamides is 1. The molecule has 10 nitrogen and oxygen atoms in total. The average molecular weight is 556 g/mol. The number of rotatable bonds is 9. The van der Waals surface area contributed by atoms with Crippen molar-refractivity contribution in [1.82, 2.24) is 4.90 Å². The first-order valence-electron chi connectivity index (χ1n) is 12.5. The summed E-state index contributed by atoms with van der Waals surface area (Å²) in [4.78, 5) is 25.1. The minimum absolute atomic E-state index is 0.101. The van der Waals surface area contributed by atoms with Crippen LogP contribution in [0.4, 0.5) is 10.5 Å². The van der Waals surface area contributed by atoms with Crippen LogP contribution >= 0.6 is 0 Å². The summed E-state index contributed by atoms with van der Waals surface area (Å²) in [6, 6.07) is 15.3. The van der Waals surface area contributed by atoms with Gasteiger partial charge in [0.25, 0.3) is 0 Å². The number of likely N-dealkylation sites (tertiary alicyclic amines) is 1. The van der Waals surface area contributed by atoms with Gasteiger partial charge in [-0.25, -0.2) is 13.2 Å². The number of carboxylic acid groups (broad SMARTS) is 1. The van der Waals surface area contributed by atoms with Crippen molar-refractivity contribution in [2.24, 2.45) is 0 Å². The zero-order valence-electron chi connectivity index (χ0n) is 22.2. The van der Waals surface area contributed by atoms with Crippen LogP contribution in [-0.2, 0) is 19.6 Å². The Hall–Kier alpha value is -4.04. The molecule has 1 aliphatic rings. The minimum Gasteiger partial charge on any atom is -0.490 e. The van der Waals surface area contributed by atoms with Crippen LogP contribution in [0.5, 0.6) is 5.75 Å². The van der Waals surface area contributed by atoms with Crippen LogP contribution < -0.4 is 9.04 Å². The number of carboxylic acids is 1. The monoisotopic (exact) mass is 555 g/mol. The SMILES string of the molecule is CC(C)(C)OC(=O)N1CCC(Oc2ccc(N(CC=Cc3cccc(C#N)c3)S(=O)(=O)CC(=O)O)cc2)CC1. The molecule has 208 valence electrons. The fourth-order valence-electron chi connectivity index (χ4n) is 3.98. The Bertz CT molecular complexity index is 1330. The molecule has 2 aromatic rings. The summed E-state index contributed by atoms with van der Waals surface area (Å²) in [7, 11) is -4.17. The summed E-state index contributed by atoms with van der Waals surface area (Å²) < 4.78 is 38.2. The zero-order chi connectivity index (χ0) is 28.6. The van der Waals surface area contributed by atoms with Crippen molar-refractivity contribution in [2.75, 3.05) is 29.7 Å². The number of carbonyl (C=O) groups is 2. The molecule has 0 bridgehead atoms. The molecule has 0 unspecified atom stereocenters. The lowest BCUT2D eigenvalue weighted by molar-refractivity contribution is -0.134. The molecule has 39 heavy (non-hydrogen) atoms. The Kier molecular flexibility index (Phi) is 9.59. The molecule has 0 aliphatic carbocycles. The summed E-state index contributed by atoms with van der Waals surface area (Å²) >= 11 is 0. The molecular formula is C28H33N3O7S. The van der Waals surface area contributed by atoms with E-state index in [4.69, 9.17) is 19.8 Å². The van der Waals surface area contributed by atoms with E-state index in [1.54, 1.807) is 65.6 Å². The predicted molar refractivity (Wildman–Crippen MR) is 147 cm³/mol. The highest BCUT2D eigenvalue weighted by atomic mass is 32.2. The topological polar surface area (TPSA) is 137 Å². The third-order valence-electron chi connectivity index (χ3n) is 5.76. The van der Waals surface area contributed by atoms with E-state index in [0.29, 0.717) is 48.5 Å². The number of ether oxygens (including phenoxy) is 2. The number of piperidine rings is 1. The molecule has 1 fully saturated rings. The van der Waals surface area contributed by atoms with Crippen molar-refractivity contribution in [2.45, 2.75) is 45.3 Å². The Morgan fingerprint density at radius 2 is 1.82 bits per heavy atom. The first-order valence-corrected chi connectivity index (χ1v) is 14.1. The van der Waals surface area contributed by atoms with Gasteiger partial charge in [-0.05, 0) is 62.7 Å². The van der Waals surface area contributed by atoms with Gasteiger partial charge in [0.2, 0.25) is 10.0 Å². The van der Waals surface area contributed by atoms with E-state index < -0.39 is 27.3 Å². The summed E-state index contributed by atoms with van der Waals surface area (Å²) in [5.74, 6) is -1.98. The lowest BCUT2D eigenvalue weighted by Crippen LogP contribution is -2.44. The second kappa shape index (κ2) is 12.7. The van der Waals surface area contributed by atoms with Crippen LogP contribution in [0.1, 0.15) is 44.7 Å². The molecule has 0 atom stereocenters. The van der Waals surface area contributed by atoms with Gasteiger partial charge in [0, 0.05) is 25.9 Å². The molecule has 0 aromatic heterocycles. The van der Waals surface area contributed by atoms with Gasteiger partial charge < -0.3 is 19.5 Å². The van der Waals surface area contributed by atoms with Crippen LogP contribution in [0.25, 0.3) is 6.08 Å². The standard InChI is InChI=1S/C28H33N3O7S/c1-28(2,3)38-27(34)30-16-13-25(14-17-30)37-24-11-9-23(10-12-24)31(39(35,36)20-26(32)33)15-5-8-21-6-4-7-22(18-21)19-29/h4-12,18,25H,13-17,20H2,1-3H3,(H,32,33). The quantitative estimate of drug-likeness (QED) is 0.484. The number of hydrogen-bond acceptors (Lipinski definition) is 7. The first-order chi connectivity index (χ1) is 18.4. The lowest BCUT2D eigenvalue weighted by atomic mass is 10.1. The number of anilines is 1. The van der Waals surface area contributed by atoms with Gasteiger partial charge in [-0.1, -0.05) is 24.3 Å². The Labute approximate surface area is 229 Å². The molecule has 0 spiro atoms. The molecule has 1 heterocycles. The van der Waals surface area contributed by atoms with Gasteiger partial charge in [0.15, 0.2) is 5.75 Å². The number of hydrogen-bond donors (Lipinski definition) is 1. The summed E-state index contributed by atoms with van der Waals surface area (Å²) in [5.41, 5.74) is 0.916. The average Bonchev–Trinajstić information content (AvgIpc) is 2.86. The van der Waals surface area contributed by atoms with E-state index in [0.717, 1.165) is 4.31 Å². The van der Waals surface area contributed by atoms with Crippen molar-refractivity contribution in [3.05, 3.63) is 65.7 Å². The normalized spacial score (nSPS) is 14.6. The molecule has 1 amide bonds. The summed E-state index contributed by atoms with van der Waals surface area (Å²) in [6.45, 7) is 6.37. The zero-order valence-corrected chi connectivity index (χ0v) is 23.1. The summed E-state index contributed by atoms with van der Waals surface area (Å²) in [5, 5.41) is 18.2. The molecular weight excluding hydrogens is 522 g/mol. The van der Waals surface area contributed by atoms with Crippen LogP contribution in [0.2, 0.25) is 0 Å². The number of amides is 1. The fraction of sp³-hybridized carbons (Fsp3) is 0.393. The van der Waals surface area contributed by atoms with Crippen LogP contribution in [0.15, 0.2) is 54.6 Å². The van der Waals surface area contributed by atoms with Crippen molar-refractivity contribution < 1.29 is 32.6 Å². The first kappa shape index (κ1) is 29.5. The molecule has 0 radical (unpaired) electrons. The Morgan fingerprint density at radius 3 is 2.41 bits per heavy atom. The number of aliphatic carboxylic acids is 1. The lowest BCUT2D eigenvalue weighted by Gasteiger charge is -2.33. The number of benzene rings is 2. The highest BCUT2D eigenvalue weighted by Gasteiger charge is 2.28. The molecule has 0 saturated carbocycles. The smallest absolute Gasteiger partial charge is 0.410 e. The highest BCUT2D eigenvalue weighted by molar-refractivity contribution is 7.93. The van der Waals surface area contributed by atoms with Gasteiger partial charge in [0.05, 0.1) is 23.9 Å². The van der Waals surface area contributed by atoms with Gasteiger partial charge in [0.1, 0.15) is 17.5 Å². The molecule has 1 aliphatic heterocycles. The number of nitrogens with zero attached hydrogens (tertiary/aromatic N) is 3. The largest absolute Gasteiger partial charge is 0.490 e. The molecule has 1 N–H and O–H groups in total. The van der Waals surface area contributed by atoms with Crippen molar-refractivity contribution in [1.29, 1.82) is 5.26 Å². The third kappa shape index (κ3) is 9.04. The van der Waals surface area contributed by atoms with Gasteiger partial charge in [-0.15, -0.1) is 0 Å². The van der Waals surface area contributed by atoms with E-state index in [1.165, 1.54) is 0 Å². The molecule has 2 aromatic carbocycles. The summed E-state index contributed by atoms with van der Waals surface area (Å²) in [6.07, 6.45) is 4.05. The predicted octanol–water partition coefficient (Wildman–Crippen LogP) is 4.27. The van der Waals surface area contributed by atoms with E-state index in [-0.39, 0.29) is 18.7 Å². The van der Waals surface area contributed by atoms with Crippen molar-refractivity contribution in [3.8, 4) is 11.8 Å². The maximum atomic E-state index is 12.9. The minimum atomic E-state index is -4.17. The second-order valence-corrected chi connectivity index (χ2v) is 12.0. The highest BCUT2D eigenvalue weighted by Crippen LogP contribution is 2.25. The third-order valence-corrected chi connectivity index (χ3v) is 7.40.